The van der Waals surface area contributed by atoms with E-state index in [-0.39, 0.29) is 17.6 Å². The summed E-state index contributed by atoms with van der Waals surface area (Å²) in [7, 11) is 0. The van der Waals surface area contributed by atoms with Gasteiger partial charge in [-0.3, -0.25) is 24.5 Å². The number of aryl methyl sites for hydroxylation is 2. The summed E-state index contributed by atoms with van der Waals surface area (Å²) >= 11 is 0. The molecule has 2 aromatic carbocycles. The average molecular weight is 462 g/mol. The van der Waals surface area contributed by atoms with E-state index in [1.54, 1.807) is 30.7 Å². The van der Waals surface area contributed by atoms with E-state index in [0.717, 1.165) is 38.0 Å². The lowest BCUT2D eigenvalue weighted by Gasteiger charge is -2.32. The van der Waals surface area contributed by atoms with E-state index < -0.39 is 4.92 Å². The number of benzene rings is 2. The molecule has 0 radical (unpaired) electrons. The SMILES string of the molecule is Cc1cccc(CN2CCC(NC(=O)c3ccc(Cn4nc(C)c([N+](=O)[O-])c4C)cc3)CC2)c1. The molecular weight excluding hydrogens is 430 g/mol. The summed E-state index contributed by atoms with van der Waals surface area (Å²) in [5, 5.41) is 18.7. The van der Waals surface area contributed by atoms with E-state index in [2.05, 4.69) is 46.5 Å². The van der Waals surface area contributed by atoms with Gasteiger partial charge in [0.05, 0.1) is 11.5 Å². The van der Waals surface area contributed by atoms with E-state index in [1.165, 1.54) is 11.1 Å². The van der Waals surface area contributed by atoms with Crippen LogP contribution in [0, 0.1) is 30.9 Å². The van der Waals surface area contributed by atoms with Crippen LogP contribution in [0.4, 0.5) is 5.69 Å². The first kappa shape index (κ1) is 23.6. The number of amides is 1. The molecule has 34 heavy (non-hydrogen) atoms. The molecule has 1 fully saturated rings. The van der Waals surface area contributed by atoms with Gasteiger partial charge in [0.25, 0.3) is 5.91 Å². The van der Waals surface area contributed by atoms with Crippen molar-refractivity contribution in [3.05, 3.63) is 92.3 Å². The number of piperidine rings is 1. The Bertz CT molecular complexity index is 1180. The molecule has 1 amide bonds. The van der Waals surface area contributed by atoms with Gasteiger partial charge in [-0.25, -0.2) is 0 Å². The van der Waals surface area contributed by atoms with Crippen molar-refractivity contribution >= 4 is 11.6 Å². The van der Waals surface area contributed by atoms with Gasteiger partial charge in [0, 0.05) is 31.2 Å². The molecule has 178 valence electrons. The molecular formula is C26H31N5O3. The summed E-state index contributed by atoms with van der Waals surface area (Å²) in [4.78, 5) is 26.0. The maximum atomic E-state index is 12.8. The lowest BCUT2D eigenvalue weighted by molar-refractivity contribution is -0.386. The molecule has 8 heteroatoms. The summed E-state index contributed by atoms with van der Waals surface area (Å²) in [6, 6.07) is 16.1. The number of nitrogens with one attached hydrogen (secondary N) is 1. The fourth-order valence-electron chi connectivity index (χ4n) is 4.61. The summed E-state index contributed by atoms with van der Waals surface area (Å²) in [5.74, 6) is -0.0644. The number of hydrogen-bond acceptors (Lipinski definition) is 5. The number of nitrogens with zero attached hydrogens (tertiary/aromatic N) is 4. The molecule has 1 N–H and O–H groups in total. The third-order valence-corrected chi connectivity index (χ3v) is 6.49. The van der Waals surface area contributed by atoms with E-state index >= 15 is 0 Å². The van der Waals surface area contributed by atoms with Crippen molar-refractivity contribution in [2.24, 2.45) is 0 Å². The lowest BCUT2D eigenvalue weighted by atomic mass is 10.0. The van der Waals surface area contributed by atoms with Gasteiger partial charge in [0.15, 0.2) is 0 Å². The summed E-state index contributed by atoms with van der Waals surface area (Å²) in [6.07, 6.45) is 1.87. The monoisotopic (exact) mass is 461 g/mol. The Morgan fingerprint density at radius 1 is 1.06 bits per heavy atom. The predicted octanol–water partition coefficient (Wildman–Crippen LogP) is 4.16. The zero-order chi connectivity index (χ0) is 24.2. The van der Waals surface area contributed by atoms with E-state index in [9.17, 15) is 14.9 Å². The van der Waals surface area contributed by atoms with Gasteiger partial charge in [0.2, 0.25) is 0 Å². The maximum absolute atomic E-state index is 12.8. The minimum Gasteiger partial charge on any atom is -0.349 e. The number of carbonyl (C=O) groups excluding carboxylic acids is 1. The van der Waals surface area contributed by atoms with Crippen LogP contribution in [0.1, 0.15) is 51.3 Å². The normalized spacial score (nSPS) is 14.8. The maximum Gasteiger partial charge on any atom is 0.312 e. The Hall–Kier alpha value is -3.52. The first-order valence-electron chi connectivity index (χ1n) is 11.7. The zero-order valence-corrected chi connectivity index (χ0v) is 20.0. The third kappa shape index (κ3) is 5.51. The molecule has 0 saturated carbocycles. The predicted molar refractivity (Wildman–Crippen MR) is 131 cm³/mol. The largest absolute Gasteiger partial charge is 0.349 e. The fraction of sp³-hybridized carbons (Fsp3) is 0.385. The van der Waals surface area contributed by atoms with Crippen molar-refractivity contribution in [2.45, 2.75) is 52.7 Å². The molecule has 4 rings (SSSR count). The van der Waals surface area contributed by atoms with Crippen LogP contribution in [0.25, 0.3) is 0 Å². The Labute approximate surface area is 199 Å². The molecule has 8 nitrogen and oxygen atoms in total. The van der Waals surface area contributed by atoms with Crippen LogP contribution in [0.2, 0.25) is 0 Å². The topological polar surface area (TPSA) is 93.3 Å². The Balaban J connectivity index is 1.29. The zero-order valence-electron chi connectivity index (χ0n) is 20.0. The van der Waals surface area contributed by atoms with Crippen LogP contribution in [-0.4, -0.2) is 44.6 Å². The quantitative estimate of drug-likeness (QED) is 0.421. The molecule has 0 spiro atoms. The highest BCUT2D eigenvalue weighted by Crippen LogP contribution is 2.22. The van der Waals surface area contributed by atoms with Gasteiger partial charge in [-0.05, 0) is 56.9 Å². The molecule has 1 saturated heterocycles. The second kappa shape index (κ2) is 10.2. The molecule has 0 bridgehead atoms. The van der Waals surface area contributed by atoms with Crippen LogP contribution in [-0.2, 0) is 13.1 Å². The van der Waals surface area contributed by atoms with Gasteiger partial charge in [0.1, 0.15) is 11.4 Å². The second-order valence-corrected chi connectivity index (χ2v) is 9.14. The number of likely N-dealkylation sites (tertiary alicyclic amines) is 1. The van der Waals surface area contributed by atoms with Gasteiger partial charge < -0.3 is 5.32 Å². The van der Waals surface area contributed by atoms with Crippen LogP contribution in [0.3, 0.4) is 0 Å². The second-order valence-electron chi connectivity index (χ2n) is 9.14. The molecule has 0 atom stereocenters. The summed E-state index contributed by atoms with van der Waals surface area (Å²) in [5.41, 5.74) is 5.15. The lowest BCUT2D eigenvalue weighted by Crippen LogP contribution is -2.44. The highest BCUT2D eigenvalue weighted by atomic mass is 16.6. The minimum atomic E-state index is -0.394. The van der Waals surface area contributed by atoms with Crippen molar-refractivity contribution in [2.75, 3.05) is 13.1 Å². The van der Waals surface area contributed by atoms with E-state index in [0.29, 0.717) is 23.5 Å². The Morgan fingerprint density at radius 2 is 1.76 bits per heavy atom. The number of aromatic nitrogens is 2. The molecule has 1 aliphatic heterocycles. The van der Waals surface area contributed by atoms with Crippen LogP contribution in [0.15, 0.2) is 48.5 Å². The van der Waals surface area contributed by atoms with Crippen LogP contribution in [0.5, 0.6) is 0 Å². The third-order valence-electron chi connectivity index (χ3n) is 6.49. The highest BCUT2D eigenvalue weighted by Gasteiger charge is 2.23. The Morgan fingerprint density at radius 3 is 2.38 bits per heavy atom. The molecule has 1 aliphatic rings. The molecule has 1 aromatic heterocycles. The van der Waals surface area contributed by atoms with Crippen molar-refractivity contribution < 1.29 is 9.72 Å². The summed E-state index contributed by atoms with van der Waals surface area (Å²) < 4.78 is 1.63. The van der Waals surface area contributed by atoms with Crippen molar-refractivity contribution in [1.82, 2.24) is 20.0 Å². The van der Waals surface area contributed by atoms with E-state index in [1.807, 2.05) is 12.1 Å². The number of rotatable bonds is 7. The van der Waals surface area contributed by atoms with Gasteiger partial charge >= 0.3 is 5.69 Å². The average Bonchev–Trinajstić information content (AvgIpc) is 3.08. The number of carbonyl (C=O) groups is 1. The van der Waals surface area contributed by atoms with Crippen LogP contribution >= 0.6 is 0 Å². The molecule has 3 aromatic rings. The number of nitro groups is 1. The van der Waals surface area contributed by atoms with Crippen molar-refractivity contribution in [1.29, 1.82) is 0 Å². The van der Waals surface area contributed by atoms with Crippen LogP contribution < -0.4 is 5.32 Å². The van der Waals surface area contributed by atoms with Gasteiger partial charge in [-0.1, -0.05) is 42.0 Å². The van der Waals surface area contributed by atoms with Gasteiger partial charge in [-0.15, -0.1) is 0 Å². The standard InChI is InChI=1S/C26H31N5O3/c1-18-5-4-6-22(15-18)16-29-13-11-24(12-14-29)27-26(32)23-9-7-21(8-10-23)17-30-20(3)25(31(33)34)19(2)28-30/h4-10,15,24H,11-14,16-17H2,1-3H3,(H,27,32). The van der Waals surface area contributed by atoms with Gasteiger partial charge in [-0.2, -0.15) is 5.10 Å². The number of hydrogen-bond donors (Lipinski definition) is 1. The fourth-order valence-corrected chi connectivity index (χ4v) is 4.61. The first-order chi connectivity index (χ1) is 16.3. The Kier molecular flexibility index (Phi) is 7.07. The minimum absolute atomic E-state index is 0.0564. The first-order valence-corrected chi connectivity index (χ1v) is 11.7. The highest BCUT2D eigenvalue weighted by molar-refractivity contribution is 5.94. The smallest absolute Gasteiger partial charge is 0.312 e. The molecule has 2 heterocycles. The van der Waals surface area contributed by atoms with Crippen molar-refractivity contribution in [3.8, 4) is 0 Å². The van der Waals surface area contributed by atoms with E-state index in [4.69, 9.17) is 0 Å². The summed E-state index contributed by atoms with van der Waals surface area (Å²) in [6.45, 7) is 8.75. The molecule has 0 aliphatic carbocycles. The molecule has 0 unspecified atom stereocenters. The van der Waals surface area contributed by atoms with Crippen molar-refractivity contribution in [3.63, 3.8) is 0 Å².